The van der Waals surface area contributed by atoms with Crippen LogP contribution in [0.1, 0.15) is 83.0 Å². The summed E-state index contributed by atoms with van der Waals surface area (Å²) >= 11 is 0. The highest BCUT2D eigenvalue weighted by molar-refractivity contribution is 5.83. The van der Waals surface area contributed by atoms with E-state index in [1.54, 1.807) is 4.68 Å². The van der Waals surface area contributed by atoms with Crippen molar-refractivity contribution in [2.75, 3.05) is 0 Å². The van der Waals surface area contributed by atoms with Crippen LogP contribution in [0.4, 0.5) is 8.78 Å². The SMILES string of the molecule is CCCc1nc(-c2ccc(F)cc2F)n(-c2cc(C)c(-c3cc(-c4ccc(C(C)(C)C)cc4)cc(-c4ccc(C(C)(C)C)cc4)c3)cc2C)n1. The van der Waals surface area contributed by atoms with E-state index in [0.29, 0.717) is 18.1 Å². The minimum Gasteiger partial charge on any atom is -0.213 e. The number of benzene rings is 5. The molecule has 1 heterocycles. The molecule has 6 aromatic rings. The largest absolute Gasteiger partial charge is 0.213 e. The molecule has 0 unspecified atom stereocenters. The number of aryl methyl sites for hydroxylation is 3. The molecular formula is C45H47F2N3. The van der Waals surface area contributed by atoms with Crippen LogP contribution in [-0.4, -0.2) is 14.8 Å². The number of hydrogen-bond acceptors (Lipinski definition) is 2. The molecule has 3 nitrogen and oxygen atoms in total. The summed E-state index contributed by atoms with van der Waals surface area (Å²) in [5.74, 6) is -0.301. The molecule has 0 saturated carbocycles. The highest BCUT2D eigenvalue weighted by atomic mass is 19.1. The maximum absolute atomic E-state index is 15.1. The van der Waals surface area contributed by atoms with Crippen molar-refractivity contribution in [1.29, 1.82) is 0 Å². The minimum absolute atomic E-state index is 0.0699. The number of rotatable bonds is 7. The molecule has 0 N–H and O–H groups in total. The van der Waals surface area contributed by atoms with E-state index in [1.807, 2.05) is 6.92 Å². The topological polar surface area (TPSA) is 30.7 Å². The second-order valence-corrected chi connectivity index (χ2v) is 15.5. The van der Waals surface area contributed by atoms with E-state index in [4.69, 9.17) is 10.1 Å². The Morgan fingerprint density at radius 2 is 1.12 bits per heavy atom. The Hall–Kier alpha value is -4.90. The van der Waals surface area contributed by atoms with Crippen LogP contribution in [0.5, 0.6) is 0 Å². The van der Waals surface area contributed by atoms with Gasteiger partial charge in [-0.3, -0.25) is 0 Å². The zero-order chi connectivity index (χ0) is 36.0. The van der Waals surface area contributed by atoms with Crippen molar-refractivity contribution < 1.29 is 8.78 Å². The third-order valence-electron chi connectivity index (χ3n) is 9.48. The Bertz CT molecular complexity index is 2080. The quantitative estimate of drug-likeness (QED) is 0.170. The van der Waals surface area contributed by atoms with E-state index in [1.165, 1.54) is 23.3 Å². The molecule has 5 heteroatoms. The minimum atomic E-state index is -0.664. The molecule has 50 heavy (non-hydrogen) atoms. The zero-order valence-electron chi connectivity index (χ0n) is 30.7. The van der Waals surface area contributed by atoms with Gasteiger partial charge in [0, 0.05) is 12.5 Å². The first-order chi connectivity index (χ1) is 23.6. The summed E-state index contributed by atoms with van der Waals surface area (Å²) in [5.41, 5.74) is 12.6. The maximum atomic E-state index is 15.1. The third-order valence-corrected chi connectivity index (χ3v) is 9.48. The van der Waals surface area contributed by atoms with Gasteiger partial charge in [0.15, 0.2) is 11.6 Å². The summed E-state index contributed by atoms with van der Waals surface area (Å²) < 4.78 is 30.7. The van der Waals surface area contributed by atoms with Gasteiger partial charge in [-0.05, 0) is 129 Å². The Morgan fingerprint density at radius 3 is 1.62 bits per heavy atom. The Kier molecular flexibility index (Phi) is 9.39. The fraction of sp³-hybridized carbons (Fsp3) is 0.289. The van der Waals surface area contributed by atoms with Gasteiger partial charge in [-0.25, -0.2) is 18.4 Å². The first-order valence-corrected chi connectivity index (χ1v) is 17.5. The number of aromatic nitrogens is 3. The predicted molar refractivity (Wildman–Crippen MR) is 204 cm³/mol. The average Bonchev–Trinajstić information content (AvgIpc) is 3.48. The molecule has 0 spiro atoms. The molecule has 0 saturated heterocycles. The first-order valence-electron chi connectivity index (χ1n) is 17.5. The van der Waals surface area contributed by atoms with Crippen molar-refractivity contribution in [2.45, 2.75) is 86.0 Å². The van der Waals surface area contributed by atoms with Gasteiger partial charge in [-0.15, -0.1) is 0 Å². The van der Waals surface area contributed by atoms with Crippen LogP contribution in [0.2, 0.25) is 0 Å². The fourth-order valence-corrected chi connectivity index (χ4v) is 6.48. The average molecular weight is 668 g/mol. The van der Waals surface area contributed by atoms with Crippen molar-refractivity contribution >= 4 is 0 Å². The van der Waals surface area contributed by atoms with E-state index in [0.717, 1.165) is 62.7 Å². The Morgan fingerprint density at radius 1 is 0.580 bits per heavy atom. The van der Waals surface area contributed by atoms with Gasteiger partial charge >= 0.3 is 0 Å². The normalized spacial score (nSPS) is 12.1. The molecule has 0 aliphatic rings. The highest BCUT2D eigenvalue weighted by Crippen LogP contribution is 2.38. The molecule has 1 aromatic heterocycles. The molecule has 6 rings (SSSR count). The summed E-state index contributed by atoms with van der Waals surface area (Å²) in [6.45, 7) is 19.6. The van der Waals surface area contributed by atoms with Crippen LogP contribution in [-0.2, 0) is 17.3 Å². The van der Waals surface area contributed by atoms with E-state index in [9.17, 15) is 4.39 Å². The molecule has 0 aliphatic carbocycles. The van der Waals surface area contributed by atoms with Gasteiger partial charge in [0.2, 0.25) is 0 Å². The van der Waals surface area contributed by atoms with Crippen LogP contribution in [0.3, 0.4) is 0 Å². The molecule has 0 amide bonds. The van der Waals surface area contributed by atoms with E-state index in [2.05, 4.69) is 134 Å². The summed E-state index contributed by atoms with van der Waals surface area (Å²) in [5, 5.41) is 4.82. The van der Waals surface area contributed by atoms with Crippen molar-refractivity contribution in [3.63, 3.8) is 0 Å². The predicted octanol–water partition coefficient (Wildman–Crippen LogP) is 12.4. The Balaban J connectivity index is 1.49. The van der Waals surface area contributed by atoms with Gasteiger partial charge < -0.3 is 0 Å². The molecular weight excluding hydrogens is 621 g/mol. The molecule has 0 aliphatic heterocycles. The van der Waals surface area contributed by atoms with E-state index in [-0.39, 0.29) is 16.4 Å². The van der Waals surface area contributed by atoms with Crippen molar-refractivity contribution in [3.05, 3.63) is 137 Å². The number of nitrogens with zero attached hydrogens (tertiary/aromatic N) is 3. The fourth-order valence-electron chi connectivity index (χ4n) is 6.48. The smallest absolute Gasteiger partial charge is 0.166 e. The molecule has 0 atom stereocenters. The van der Waals surface area contributed by atoms with Crippen LogP contribution < -0.4 is 0 Å². The molecule has 256 valence electrons. The molecule has 0 radical (unpaired) electrons. The second-order valence-electron chi connectivity index (χ2n) is 15.5. The maximum Gasteiger partial charge on any atom is 0.166 e. The van der Waals surface area contributed by atoms with E-state index < -0.39 is 11.6 Å². The van der Waals surface area contributed by atoms with Gasteiger partial charge in [0.1, 0.15) is 11.6 Å². The second kappa shape index (κ2) is 13.4. The lowest BCUT2D eigenvalue weighted by Crippen LogP contribution is -2.10. The molecule has 0 fully saturated rings. The van der Waals surface area contributed by atoms with E-state index >= 15 is 4.39 Å². The van der Waals surface area contributed by atoms with Gasteiger partial charge in [0.25, 0.3) is 0 Å². The summed E-state index contributed by atoms with van der Waals surface area (Å²) in [6.07, 6.45) is 1.50. The van der Waals surface area contributed by atoms with Crippen LogP contribution in [0.15, 0.2) is 97.1 Å². The van der Waals surface area contributed by atoms with Gasteiger partial charge in [-0.2, -0.15) is 5.10 Å². The molecule has 0 bridgehead atoms. The first kappa shape index (κ1) is 34.9. The van der Waals surface area contributed by atoms with Gasteiger partial charge in [-0.1, -0.05) is 97.0 Å². The zero-order valence-corrected chi connectivity index (χ0v) is 30.7. The summed E-state index contributed by atoms with van der Waals surface area (Å²) in [6, 6.07) is 32.5. The summed E-state index contributed by atoms with van der Waals surface area (Å²) in [4.78, 5) is 4.71. The van der Waals surface area contributed by atoms with Gasteiger partial charge in [0.05, 0.1) is 11.3 Å². The van der Waals surface area contributed by atoms with Crippen molar-refractivity contribution in [1.82, 2.24) is 14.8 Å². The van der Waals surface area contributed by atoms with Crippen LogP contribution in [0, 0.1) is 25.5 Å². The Labute approximate surface area is 296 Å². The monoisotopic (exact) mass is 667 g/mol. The number of hydrogen-bond donors (Lipinski definition) is 0. The van der Waals surface area contributed by atoms with Crippen molar-refractivity contribution in [2.24, 2.45) is 0 Å². The number of halogens is 2. The molecule has 5 aromatic carbocycles. The van der Waals surface area contributed by atoms with Crippen molar-refractivity contribution in [3.8, 4) is 50.5 Å². The standard InChI is InChI=1S/C45H47F2N3/c1-10-11-42-48-43(38-21-20-37(46)27-40(38)47)50(49-42)41-23-28(2)39(22-29(41)3)34-25-32(30-12-16-35(17-13-30)44(4,5)6)24-33(26-34)31-14-18-36(19-15-31)45(7,8)9/h12-27H,10-11H2,1-9H3. The highest BCUT2D eigenvalue weighted by Gasteiger charge is 2.21. The summed E-state index contributed by atoms with van der Waals surface area (Å²) in [7, 11) is 0. The lowest BCUT2D eigenvalue weighted by molar-refractivity contribution is 0.584. The van der Waals surface area contributed by atoms with Crippen LogP contribution in [0.25, 0.3) is 50.5 Å². The lowest BCUT2D eigenvalue weighted by Gasteiger charge is -2.20. The van der Waals surface area contributed by atoms with Crippen LogP contribution >= 0.6 is 0 Å². The lowest BCUT2D eigenvalue weighted by atomic mass is 9.85. The third kappa shape index (κ3) is 7.19.